The lowest BCUT2D eigenvalue weighted by Gasteiger charge is -2.27. The molecule has 0 aromatic heterocycles. The maximum atomic E-state index is 10.5. The zero-order valence-electron chi connectivity index (χ0n) is 9.62. The van der Waals surface area contributed by atoms with E-state index in [9.17, 15) is 4.79 Å². The second-order valence-electron chi connectivity index (χ2n) is 4.39. The van der Waals surface area contributed by atoms with Gasteiger partial charge in [-0.1, -0.05) is 12.5 Å². The van der Waals surface area contributed by atoms with Crippen molar-refractivity contribution in [3.05, 3.63) is 11.6 Å². The molecule has 1 atom stereocenters. The van der Waals surface area contributed by atoms with Crippen molar-refractivity contribution < 1.29 is 9.90 Å². The Morgan fingerprint density at radius 1 is 1.60 bits per heavy atom. The fourth-order valence-electron chi connectivity index (χ4n) is 1.99. The summed E-state index contributed by atoms with van der Waals surface area (Å²) >= 11 is 0. The second-order valence-corrected chi connectivity index (χ2v) is 4.39. The van der Waals surface area contributed by atoms with Gasteiger partial charge in [-0.05, 0) is 39.0 Å². The van der Waals surface area contributed by atoms with Crippen molar-refractivity contribution in [1.82, 2.24) is 5.32 Å². The van der Waals surface area contributed by atoms with E-state index < -0.39 is 5.97 Å². The molecule has 0 radical (unpaired) electrons. The number of hydrogen-bond donors (Lipinski definition) is 2. The molecule has 0 saturated heterocycles. The minimum atomic E-state index is -0.807. The summed E-state index contributed by atoms with van der Waals surface area (Å²) in [5.41, 5.74) is 1.09. The van der Waals surface area contributed by atoms with Crippen LogP contribution < -0.4 is 5.32 Å². The molecule has 0 aromatic rings. The van der Waals surface area contributed by atoms with Gasteiger partial charge in [-0.25, -0.2) is 4.79 Å². The number of nitrogens with one attached hydrogen (secondary N) is 1. The van der Waals surface area contributed by atoms with E-state index in [1.54, 1.807) is 0 Å². The molecule has 1 aliphatic rings. The molecule has 3 nitrogen and oxygen atoms in total. The summed E-state index contributed by atoms with van der Waals surface area (Å²) in [4.78, 5) is 10.5. The van der Waals surface area contributed by atoms with Crippen molar-refractivity contribution in [3.63, 3.8) is 0 Å². The van der Waals surface area contributed by atoms with Crippen LogP contribution in [0.15, 0.2) is 11.6 Å². The minimum Gasteiger partial charge on any atom is -0.478 e. The highest BCUT2D eigenvalue weighted by molar-refractivity contribution is 5.80. The molecular weight excluding hydrogens is 190 g/mol. The third kappa shape index (κ3) is 4.47. The maximum Gasteiger partial charge on any atom is 0.328 e. The lowest BCUT2D eigenvalue weighted by Crippen LogP contribution is -2.37. The smallest absolute Gasteiger partial charge is 0.328 e. The van der Waals surface area contributed by atoms with Crippen LogP contribution in [0, 0.1) is 0 Å². The average Bonchev–Trinajstić information content (AvgIpc) is 2.20. The van der Waals surface area contributed by atoms with Crippen molar-refractivity contribution in [3.8, 4) is 0 Å². The molecule has 1 unspecified atom stereocenters. The number of carboxylic acids is 1. The highest BCUT2D eigenvalue weighted by Crippen LogP contribution is 2.23. The first-order chi connectivity index (χ1) is 7.11. The largest absolute Gasteiger partial charge is 0.478 e. The van der Waals surface area contributed by atoms with Crippen molar-refractivity contribution in [2.75, 3.05) is 0 Å². The Balaban J connectivity index is 2.32. The highest BCUT2D eigenvalue weighted by atomic mass is 16.4. The molecule has 0 heterocycles. The molecule has 3 heteroatoms. The van der Waals surface area contributed by atoms with Gasteiger partial charge in [-0.3, -0.25) is 0 Å². The third-order valence-corrected chi connectivity index (χ3v) is 3.09. The van der Waals surface area contributed by atoms with E-state index in [0.29, 0.717) is 12.1 Å². The highest BCUT2D eigenvalue weighted by Gasteiger charge is 2.17. The molecule has 2 N–H and O–H groups in total. The first-order valence-electron chi connectivity index (χ1n) is 5.80. The van der Waals surface area contributed by atoms with Crippen LogP contribution in [0.25, 0.3) is 0 Å². The lowest BCUT2D eigenvalue weighted by molar-refractivity contribution is -0.131. The van der Waals surface area contributed by atoms with Crippen LogP contribution in [0.1, 0.15) is 46.0 Å². The topological polar surface area (TPSA) is 49.3 Å². The van der Waals surface area contributed by atoms with Gasteiger partial charge in [0.05, 0.1) is 0 Å². The van der Waals surface area contributed by atoms with E-state index in [2.05, 4.69) is 19.2 Å². The van der Waals surface area contributed by atoms with Crippen LogP contribution in [0.3, 0.4) is 0 Å². The Hall–Kier alpha value is -0.830. The van der Waals surface area contributed by atoms with Gasteiger partial charge in [-0.15, -0.1) is 0 Å². The van der Waals surface area contributed by atoms with E-state index >= 15 is 0 Å². The summed E-state index contributed by atoms with van der Waals surface area (Å²) in [5, 5.41) is 12.2. The molecule has 0 aromatic carbocycles. The number of carboxylic acid groups (broad SMARTS) is 1. The minimum absolute atomic E-state index is 0.569. The summed E-state index contributed by atoms with van der Waals surface area (Å²) < 4.78 is 0. The molecule has 1 rings (SSSR count). The Bertz CT molecular complexity index is 238. The fourth-order valence-corrected chi connectivity index (χ4v) is 1.99. The molecule has 0 bridgehead atoms. The van der Waals surface area contributed by atoms with Crippen molar-refractivity contribution >= 4 is 5.97 Å². The lowest BCUT2D eigenvalue weighted by atomic mass is 9.90. The standard InChI is InChI=1S/C12H21NO2/c1-3-9(2)13-11-6-4-10(5-7-11)8-12(14)15/h8-9,11,13H,3-7H2,1-2H3,(H,14,15). The monoisotopic (exact) mass is 211 g/mol. The summed E-state index contributed by atoms with van der Waals surface area (Å²) in [6.45, 7) is 4.37. The number of carbonyl (C=O) groups is 1. The fraction of sp³-hybridized carbons (Fsp3) is 0.750. The Morgan fingerprint density at radius 2 is 2.20 bits per heavy atom. The van der Waals surface area contributed by atoms with Crippen molar-refractivity contribution in [2.24, 2.45) is 0 Å². The van der Waals surface area contributed by atoms with E-state index in [0.717, 1.165) is 37.7 Å². The van der Waals surface area contributed by atoms with Gasteiger partial charge in [0.15, 0.2) is 0 Å². The molecule has 1 aliphatic carbocycles. The summed E-state index contributed by atoms with van der Waals surface area (Å²) in [6, 6.07) is 1.14. The van der Waals surface area contributed by atoms with Gasteiger partial charge < -0.3 is 10.4 Å². The normalized spacial score (nSPS) is 23.6. The average molecular weight is 211 g/mol. The molecule has 1 saturated carbocycles. The summed E-state index contributed by atoms with van der Waals surface area (Å²) in [5.74, 6) is -0.807. The number of hydrogen-bond acceptors (Lipinski definition) is 2. The Morgan fingerprint density at radius 3 is 2.67 bits per heavy atom. The van der Waals surface area contributed by atoms with Crippen LogP contribution in [0.2, 0.25) is 0 Å². The number of aliphatic carboxylic acids is 1. The predicted molar refractivity (Wildman–Crippen MR) is 60.9 cm³/mol. The molecule has 1 fully saturated rings. The third-order valence-electron chi connectivity index (χ3n) is 3.09. The molecule has 86 valence electrons. The van der Waals surface area contributed by atoms with Crippen LogP contribution in [0.5, 0.6) is 0 Å². The first-order valence-corrected chi connectivity index (χ1v) is 5.80. The van der Waals surface area contributed by atoms with Crippen molar-refractivity contribution in [1.29, 1.82) is 0 Å². The van der Waals surface area contributed by atoms with Gasteiger partial charge in [0.2, 0.25) is 0 Å². The molecule has 0 spiro atoms. The van der Waals surface area contributed by atoms with Gasteiger partial charge >= 0.3 is 5.97 Å². The van der Waals surface area contributed by atoms with Crippen LogP contribution >= 0.6 is 0 Å². The Kier molecular flexibility index (Phi) is 4.82. The van der Waals surface area contributed by atoms with Gasteiger partial charge in [0.25, 0.3) is 0 Å². The SMILES string of the molecule is CCC(C)NC1CCC(=CC(=O)O)CC1. The van der Waals surface area contributed by atoms with E-state index in [4.69, 9.17) is 5.11 Å². The van der Waals surface area contributed by atoms with Gasteiger partial charge in [0, 0.05) is 18.2 Å². The van der Waals surface area contributed by atoms with Crippen molar-refractivity contribution in [2.45, 2.75) is 58.0 Å². The zero-order chi connectivity index (χ0) is 11.3. The maximum absolute atomic E-state index is 10.5. The van der Waals surface area contributed by atoms with E-state index in [1.807, 2.05) is 0 Å². The quantitative estimate of drug-likeness (QED) is 0.702. The number of rotatable bonds is 4. The van der Waals surface area contributed by atoms with Crippen LogP contribution in [-0.4, -0.2) is 23.2 Å². The van der Waals surface area contributed by atoms with Crippen LogP contribution in [-0.2, 0) is 4.79 Å². The van der Waals surface area contributed by atoms with Gasteiger partial charge in [0.1, 0.15) is 0 Å². The second kappa shape index (κ2) is 5.91. The molecule has 0 aliphatic heterocycles. The number of allylic oxidation sites excluding steroid dienone is 1. The van der Waals surface area contributed by atoms with Gasteiger partial charge in [-0.2, -0.15) is 0 Å². The van der Waals surface area contributed by atoms with Crippen LogP contribution in [0.4, 0.5) is 0 Å². The Labute approximate surface area is 91.6 Å². The van der Waals surface area contributed by atoms with E-state index in [-0.39, 0.29) is 0 Å². The molecular formula is C12H21NO2. The summed E-state index contributed by atoms with van der Waals surface area (Å²) in [7, 11) is 0. The first kappa shape index (κ1) is 12.2. The zero-order valence-corrected chi connectivity index (χ0v) is 9.62. The molecule has 15 heavy (non-hydrogen) atoms. The molecule has 0 amide bonds. The predicted octanol–water partition coefficient (Wildman–Crippen LogP) is 2.33. The van der Waals surface area contributed by atoms with E-state index in [1.165, 1.54) is 6.08 Å². The summed E-state index contributed by atoms with van der Waals surface area (Å²) in [6.07, 6.45) is 6.53.